The van der Waals surface area contributed by atoms with Gasteiger partial charge in [-0.2, -0.15) is 0 Å². The SMILES string of the molecule is CC/C=C\C/C=C\C/C=C\C/C=C\C/C=C\C/C=C\CCC(=O)OC[C@H](COC(=O)CCCCCCCCCCCCCCCCC)OC(=O)CCCCCCCCC/C=C\CCCCCCCC. The van der Waals surface area contributed by atoms with Gasteiger partial charge in [0.1, 0.15) is 13.2 Å². The molecule has 0 amide bonds. The number of carbonyl (C=O) groups excluding carboxylic acids is 3. The molecule has 396 valence electrons. The van der Waals surface area contributed by atoms with Crippen molar-refractivity contribution < 1.29 is 28.6 Å². The van der Waals surface area contributed by atoms with Gasteiger partial charge in [0.05, 0.1) is 0 Å². The fraction of sp³-hybridized carbons (Fsp3) is 0.730. The van der Waals surface area contributed by atoms with Crippen LogP contribution >= 0.6 is 0 Å². The lowest BCUT2D eigenvalue weighted by atomic mass is 10.0. The summed E-state index contributed by atoms with van der Waals surface area (Å²) in [6.45, 7) is 6.48. The van der Waals surface area contributed by atoms with E-state index in [2.05, 4.69) is 99.8 Å². The van der Waals surface area contributed by atoms with Crippen molar-refractivity contribution in [2.45, 2.75) is 284 Å². The van der Waals surface area contributed by atoms with Crippen LogP contribution < -0.4 is 0 Å². The predicted octanol–water partition coefficient (Wildman–Crippen LogP) is 19.5. The lowest BCUT2D eigenvalue weighted by Crippen LogP contribution is -2.30. The number of esters is 3. The van der Waals surface area contributed by atoms with E-state index in [0.717, 1.165) is 77.0 Å². The van der Waals surface area contributed by atoms with Gasteiger partial charge >= 0.3 is 17.9 Å². The van der Waals surface area contributed by atoms with Gasteiger partial charge in [-0.1, -0.05) is 260 Å². The summed E-state index contributed by atoms with van der Waals surface area (Å²) < 4.78 is 16.8. The standard InChI is InChI=1S/C63H108O6/c1-4-7-10-13-16-19-22-25-28-30-31-33-35-38-41-44-47-50-53-56-62(65)68-59-60(58-67-61(64)55-52-49-46-43-40-37-34-27-24-21-18-15-12-9-6-3)69-63(66)57-54-51-48-45-42-39-36-32-29-26-23-20-17-14-11-8-5-2/h7,10,16,19,25-26,28-29,31,33,38,41,47,50,60H,4-6,8-9,11-15,17-18,20-24,27,30,32,34-37,39-40,42-46,48-49,51-59H2,1-3H3/b10-7-,19-16-,28-25-,29-26-,33-31-,41-38-,50-47-/t60-/m0/s1. The average molecular weight is 962 g/mol. The molecule has 69 heavy (non-hydrogen) atoms. The number of ether oxygens (including phenoxy) is 3. The van der Waals surface area contributed by atoms with Crippen LogP contribution in [0.3, 0.4) is 0 Å². The first kappa shape index (κ1) is 65.6. The van der Waals surface area contributed by atoms with Crippen molar-refractivity contribution in [1.82, 2.24) is 0 Å². The van der Waals surface area contributed by atoms with Crippen LogP contribution in [-0.2, 0) is 28.6 Å². The fourth-order valence-electron chi connectivity index (χ4n) is 8.05. The van der Waals surface area contributed by atoms with Crippen LogP contribution in [0.1, 0.15) is 278 Å². The number of rotatable bonds is 52. The average Bonchev–Trinajstić information content (AvgIpc) is 3.35. The van der Waals surface area contributed by atoms with Crippen LogP contribution in [0.4, 0.5) is 0 Å². The minimum Gasteiger partial charge on any atom is -0.462 e. The number of unbranched alkanes of at least 4 members (excludes halogenated alkanes) is 27. The quantitative estimate of drug-likeness (QED) is 0.0262. The number of carbonyl (C=O) groups is 3. The van der Waals surface area contributed by atoms with Gasteiger partial charge in [-0.05, 0) is 83.5 Å². The minimum atomic E-state index is -0.808. The molecule has 0 radical (unpaired) electrons. The lowest BCUT2D eigenvalue weighted by Gasteiger charge is -2.18. The molecule has 0 fully saturated rings. The van der Waals surface area contributed by atoms with E-state index < -0.39 is 6.10 Å². The van der Waals surface area contributed by atoms with E-state index in [4.69, 9.17) is 14.2 Å². The zero-order valence-corrected chi connectivity index (χ0v) is 45.3. The van der Waals surface area contributed by atoms with E-state index in [1.54, 1.807) is 0 Å². The summed E-state index contributed by atoms with van der Waals surface area (Å²) in [5, 5.41) is 0. The maximum atomic E-state index is 12.9. The molecule has 0 aromatic rings. The van der Waals surface area contributed by atoms with Crippen LogP contribution in [0.2, 0.25) is 0 Å². The molecule has 0 aliphatic carbocycles. The highest BCUT2D eigenvalue weighted by Gasteiger charge is 2.19. The maximum absolute atomic E-state index is 12.9. The maximum Gasteiger partial charge on any atom is 0.306 e. The van der Waals surface area contributed by atoms with E-state index in [1.165, 1.54) is 154 Å². The molecule has 0 rings (SSSR count). The van der Waals surface area contributed by atoms with Crippen molar-refractivity contribution in [1.29, 1.82) is 0 Å². The van der Waals surface area contributed by atoms with Crippen molar-refractivity contribution in [3.63, 3.8) is 0 Å². The highest BCUT2D eigenvalue weighted by atomic mass is 16.6. The predicted molar refractivity (Wildman–Crippen MR) is 297 cm³/mol. The molecule has 1 atom stereocenters. The largest absolute Gasteiger partial charge is 0.462 e. The van der Waals surface area contributed by atoms with Gasteiger partial charge in [-0.3, -0.25) is 14.4 Å². The Balaban J connectivity index is 4.49. The Labute approximate surface area is 426 Å². The highest BCUT2D eigenvalue weighted by Crippen LogP contribution is 2.16. The molecule has 0 aliphatic rings. The molecule has 0 saturated carbocycles. The third kappa shape index (κ3) is 55.4. The first-order valence-electron chi connectivity index (χ1n) is 29.1. The van der Waals surface area contributed by atoms with Crippen molar-refractivity contribution in [3.05, 3.63) is 85.1 Å². The summed E-state index contributed by atoms with van der Waals surface area (Å²) in [4.78, 5) is 38.1. The Hall–Kier alpha value is -3.41. The van der Waals surface area contributed by atoms with Crippen LogP contribution in [-0.4, -0.2) is 37.2 Å². The summed E-state index contributed by atoms with van der Waals surface area (Å²) in [5.74, 6) is -0.983. The minimum absolute atomic E-state index is 0.0992. The molecule has 0 heterocycles. The molecule has 0 bridgehead atoms. The summed E-state index contributed by atoms with van der Waals surface area (Å²) >= 11 is 0. The van der Waals surface area contributed by atoms with Crippen molar-refractivity contribution in [3.8, 4) is 0 Å². The molecule has 0 aliphatic heterocycles. The second-order valence-electron chi connectivity index (χ2n) is 19.2. The Morgan fingerprint density at radius 2 is 0.594 bits per heavy atom. The van der Waals surface area contributed by atoms with Gasteiger partial charge in [0, 0.05) is 19.3 Å². The van der Waals surface area contributed by atoms with Crippen molar-refractivity contribution in [2.24, 2.45) is 0 Å². The lowest BCUT2D eigenvalue weighted by molar-refractivity contribution is -0.166. The number of hydrogen-bond donors (Lipinski definition) is 0. The molecule has 6 heteroatoms. The third-order valence-electron chi connectivity index (χ3n) is 12.4. The van der Waals surface area contributed by atoms with Gasteiger partial charge in [-0.25, -0.2) is 0 Å². The van der Waals surface area contributed by atoms with E-state index in [1.807, 2.05) is 6.08 Å². The molecule has 0 unspecified atom stereocenters. The van der Waals surface area contributed by atoms with Crippen LogP contribution in [0.5, 0.6) is 0 Å². The summed E-state index contributed by atoms with van der Waals surface area (Å²) in [5.41, 5.74) is 0. The monoisotopic (exact) mass is 961 g/mol. The summed E-state index contributed by atoms with van der Waals surface area (Å²) in [7, 11) is 0. The Morgan fingerprint density at radius 1 is 0.304 bits per heavy atom. The molecule has 6 nitrogen and oxygen atoms in total. The van der Waals surface area contributed by atoms with E-state index >= 15 is 0 Å². The molecule has 0 saturated heterocycles. The normalized spacial score (nSPS) is 12.7. The fourth-order valence-corrected chi connectivity index (χ4v) is 8.05. The number of hydrogen-bond acceptors (Lipinski definition) is 6. The molecule has 0 N–H and O–H groups in total. The zero-order valence-electron chi connectivity index (χ0n) is 45.3. The molecular weight excluding hydrogens is 853 g/mol. The van der Waals surface area contributed by atoms with Gasteiger partial charge in [0.2, 0.25) is 0 Å². The third-order valence-corrected chi connectivity index (χ3v) is 12.4. The molecule has 0 aromatic carbocycles. The summed E-state index contributed by atoms with van der Waals surface area (Å²) in [6, 6.07) is 0. The van der Waals surface area contributed by atoms with Crippen molar-refractivity contribution in [2.75, 3.05) is 13.2 Å². The Kier molecular flexibility index (Phi) is 54.3. The van der Waals surface area contributed by atoms with Gasteiger partial charge in [-0.15, -0.1) is 0 Å². The topological polar surface area (TPSA) is 78.9 Å². The van der Waals surface area contributed by atoms with Gasteiger partial charge < -0.3 is 14.2 Å². The second kappa shape index (κ2) is 57.2. The Bertz CT molecular complexity index is 1330. The first-order chi connectivity index (χ1) is 34.0. The van der Waals surface area contributed by atoms with Crippen LogP contribution in [0, 0.1) is 0 Å². The van der Waals surface area contributed by atoms with E-state index in [9.17, 15) is 14.4 Å². The Morgan fingerprint density at radius 3 is 0.971 bits per heavy atom. The number of allylic oxidation sites excluding steroid dienone is 14. The smallest absolute Gasteiger partial charge is 0.306 e. The molecular formula is C63H108O6. The van der Waals surface area contributed by atoms with E-state index in [-0.39, 0.29) is 37.5 Å². The van der Waals surface area contributed by atoms with Crippen LogP contribution in [0.15, 0.2) is 85.1 Å². The van der Waals surface area contributed by atoms with Crippen molar-refractivity contribution >= 4 is 17.9 Å². The molecule has 0 aromatic heterocycles. The zero-order chi connectivity index (χ0) is 50.0. The second-order valence-corrected chi connectivity index (χ2v) is 19.2. The first-order valence-corrected chi connectivity index (χ1v) is 29.1. The van der Waals surface area contributed by atoms with Crippen LogP contribution in [0.25, 0.3) is 0 Å². The van der Waals surface area contributed by atoms with Gasteiger partial charge in [0.15, 0.2) is 6.10 Å². The van der Waals surface area contributed by atoms with E-state index in [0.29, 0.717) is 19.3 Å². The molecule has 0 spiro atoms. The highest BCUT2D eigenvalue weighted by molar-refractivity contribution is 5.71. The van der Waals surface area contributed by atoms with Gasteiger partial charge in [0.25, 0.3) is 0 Å². The summed E-state index contributed by atoms with van der Waals surface area (Å²) in [6.07, 6.45) is 74.4.